The van der Waals surface area contributed by atoms with Crippen LogP contribution >= 0.6 is 11.3 Å². The lowest BCUT2D eigenvalue weighted by molar-refractivity contribution is -0.137. The molecule has 1 aliphatic carbocycles. The van der Waals surface area contributed by atoms with E-state index in [9.17, 15) is 18.0 Å². The van der Waals surface area contributed by atoms with Gasteiger partial charge in [-0.2, -0.15) is 0 Å². The quantitative estimate of drug-likeness (QED) is 0.651. The molecule has 0 fully saturated rings. The Morgan fingerprint density at radius 2 is 2.11 bits per heavy atom. The summed E-state index contributed by atoms with van der Waals surface area (Å²) in [6, 6.07) is 7.54. The number of thiazole rings is 1. The summed E-state index contributed by atoms with van der Waals surface area (Å²) < 4.78 is 43.3. The van der Waals surface area contributed by atoms with E-state index in [1.54, 1.807) is 0 Å². The van der Waals surface area contributed by atoms with Gasteiger partial charge in [0.2, 0.25) is 0 Å². The summed E-state index contributed by atoms with van der Waals surface area (Å²) in [6.45, 7) is 0.319. The minimum atomic E-state index is -1.58. The summed E-state index contributed by atoms with van der Waals surface area (Å²) in [5.41, 5.74) is 1.53. The first-order valence-corrected chi connectivity index (χ1v) is 9.22. The van der Waals surface area contributed by atoms with Gasteiger partial charge in [-0.25, -0.2) is 18.2 Å². The largest absolute Gasteiger partial charge is 0.481 e. The molecule has 0 radical (unpaired) electrons. The Hall–Kier alpha value is -2.61. The molecule has 0 amide bonds. The molecule has 27 heavy (non-hydrogen) atoms. The Morgan fingerprint density at radius 1 is 1.33 bits per heavy atom. The van der Waals surface area contributed by atoms with Gasteiger partial charge in [0.15, 0.2) is 5.83 Å². The SMILES string of the molecule is O=C(O)CCn1cc(Cc2nc3c(s2)C(F)CC(F)=C3F)c2ccccc21. The molecule has 0 bridgehead atoms. The van der Waals surface area contributed by atoms with Crippen LogP contribution in [0.2, 0.25) is 0 Å². The van der Waals surface area contributed by atoms with Gasteiger partial charge in [0.05, 0.1) is 16.3 Å². The standard InChI is InChI=1S/C19H15F3N2O2S/c20-12-8-13(21)19-18(17(12)22)23-15(27-19)7-10-9-24(6-5-16(25)26)14-4-2-1-3-11(10)14/h1-4,9,13H,5-8H2,(H,25,26). The molecular weight excluding hydrogens is 377 g/mol. The summed E-state index contributed by atoms with van der Waals surface area (Å²) >= 11 is 1.05. The summed E-state index contributed by atoms with van der Waals surface area (Å²) in [5, 5.41) is 10.3. The maximum Gasteiger partial charge on any atom is 0.305 e. The number of hydrogen-bond donors (Lipinski definition) is 1. The predicted molar refractivity (Wildman–Crippen MR) is 96.7 cm³/mol. The molecule has 4 nitrogen and oxygen atoms in total. The molecule has 1 aromatic carbocycles. The van der Waals surface area contributed by atoms with Gasteiger partial charge in [-0.15, -0.1) is 11.3 Å². The van der Waals surface area contributed by atoms with E-state index in [0.29, 0.717) is 18.0 Å². The second kappa shape index (κ2) is 6.84. The first kappa shape index (κ1) is 17.8. The van der Waals surface area contributed by atoms with Crippen LogP contribution in [-0.2, 0) is 17.8 Å². The highest BCUT2D eigenvalue weighted by molar-refractivity contribution is 7.12. The maximum absolute atomic E-state index is 14.1. The number of carbonyl (C=O) groups is 1. The van der Waals surface area contributed by atoms with Gasteiger partial charge in [0.25, 0.3) is 0 Å². The summed E-state index contributed by atoms with van der Waals surface area (Å²) in [7, 11) is 0. The number of carboxylic acids is 1. The van der Waals surface area contributed by atoms with Crippen LogP contribution in [-0.4, -0.2) is 20.6 Å². The number of allylic oxidation sites excluding steroid dienone is 1. The van der Waals surface area contributed by atoms with E-state index in [0.717, 1.165) is 27.8 Å². The molecule has 8 heteroatoms. The van der Waals surface area contributed by atoms with Crippen molar-refractivity contribution in [1.82, 2.24) is 9.55 Å². The molecule has 1 N–H and O–H groups in total. The van der Waals surface area contributed by atoms with Gasteiger partial charge in [0.1, 0.15) is 17.7 Å². The zero-order chi connectivity index (χ0) is 19.1. The van der Waals surface area contributed by atoms with Gasteiger partial charge in [-0.3, -0.25) is 4.79 Å². The molecule has 0 aliphatic heterocycles. The molecule has 0 spiro atoms. The number of carboxylic acid groups (broad SMARTS) is 1. The Bertz CT molecular complexity index is 1070. The van der Waals surface area contributed by atoms with Gasteiger partial charge < -0.3 is 9.67 Å². The minimum Gasteiger partial charge on any atom is -0.481 e. The first-order chi connectivity index (χ1) is 12.9. The second-order valence-electron chi connectivity index (χ2n) is 6.40. The first-order valence-electron chi connectivity index (χ1n) is 8.40. The molecule has 1 unspecified atom stereocenters. The van der Waals surface area contributed by atoms with Crippen LogP contribution in [0.4, 0.5) is 13.2 Å². The third-order valence-electron chi connectivity index (χ3n) is 4.57. The number of alkyl halides is 1. The molecule has 3 aromatic rings. The van der Waals surface area contributed by atoms with Crippen LogP contribution in [0.1, 0.15) is 40.2 Å². The van der Waals surface area contributed by atoms with Crippen LogP contribution in [0.25, 0.3) is 16.7 Å². The number of aliphatic carboxylic acids is 1. The van der Waals surface area contributed by atoms with Gasteiger partial charge in [-0.05, 0) is 11.6 Å². The Labute approximate surface area is 156 Å². The predicted octanol–water partition coefficient (Wildman–Crippen LogP) is 5.19. The van der Waals surface area contributed by atoms with Gasteiger partial charge in [-0.1, -0.05) is 18.2 Å². The summed E-state index contributed by atoms with van der Waals surface area (Å²) in [4.78, 5) is 15.1. The Balaban J connectivity index is 1.70. The fourth-order valence-electron chi connectivity index (χ4n) is 3.32. The molecule has 0 saturated carbocycles. The summed E-state index contributed by atoms with van der Waals surface area (Å²) in [6.07, 6.45) is -0.00645. The van der Waals surface area contributed by atoms with E-state index in [1.807, 2.05) is 35.0 Å². The Morgan fingerprint density at radius 3 is 2.89 bits per heavy atom. The number of aromatic nitrogens is 2. The van der Waals surface area contributed by atoms with Crippen LogP contribution in [0.15, 0.2) is 36.3 Å². The number of hydrogen-bond acceptors (Lipinski definition) is 3. The highest BCUT2D eigenvalue weighted by Gasteiger charge is 2.31. The lowest BCUT2D eigenvalue weighted by Crippen LogP contribution is -2.03. The molecule has 140 valence electrons. The number of nitrogens with zero attached hydrogens (tertiary/aromatic N) is 2. The second-order valence-corrected chi connectivity index (χ2v) is 7.51. The third kappa shape index (κ3) is 3.25. The van der Waals surface area contributed by atoms with Crippen LogP contribution < -0.4 is 0 Å². The highest BCUT2D eigenvalue weighted by Crippen LogP contribution is 2.43. The van der Waals surface area contributed by atoms with E-state index in [-0.39, 0.29) is 17.0 Å². The number of fused-ring (bicyclic) bond motifs is 2. The molecular formula is C19H15F3N2O2S. The number of halogens is 3. The fraction of sp³-hybridized carbons (Fsp3) is 0.263. The zero-order valence-corrected chi connectivity index (χ0v) is 14.9. The molecule has 1 aliphatic rings. The van der Waals surface area contributed by atoms with Crippen molar-refractivity contribution in [2.24, 2.45) is 0 Å². The van der Waals surface area contributed by atoms with E-state index >= 15 is 0 Å². The van der Waals surface area contributed by atoms with Crippen LogP contribution in [0.3, 0.4) is 0 Å². The molecule has 2 heterocycles. The number of para-hydroxylation sites is 1. The normalized spacial score (nSPS) is 16.8. The van der Waals surface area contributed by atoms with Crippen molar-refractivity contribution in [2.75, 3.05) is 0 Å². The number of aryl methyl sites for hydroxylation is 1. The van der Waals surface area contributed by atoms with Crippen molar-refractivity contribution in [3.8, 4) is 0 Å². The monoisotopic (exact) mass is 392 g/mol. The molecule has 1 atom stereocenters. The van der Waals surface area contributed by atoms with Crippen molar-refractivity contribution in [2.45, 2.75) is 32.0 Å². The fourth-order valence-corrected chi connectivity index (χ4v) is 4.38. The molecule has 2 aromatic heterocycles. The van der Waals surface area contributed by atoms with Crippen LogP contribution in [0.5, 0.6) is 0 Å². The van der Waals surface area contributed by atoms with E-state index in [1.165, 1.54) is 0 Å². The molecule has 4 rings (SSSR count). The third-order valence-corrected chi connectivity index (χ3v) is 5.71. The lowest BCUT2D eigenvalue weighted by Gasteiger charge is -2.11. The van der Waals surface area contributed by atoms with Gasteiger partial charge >= 0.3 is 5.97 Å². The summed E-state index contributed by atoms with van der Waals surface area (Å²) in [5.74, 6) is -3.07. The van der Waals surface area contributed by atoms with E-state index < -0.39 is 30.2 Å². The lowest BCUT2D eigenvalue weighted by atomic mass is 10.1. The Kier molecular flexibility index (Phi) is 4.51. The number of rotatable bonds is 5. The highest BCUT2D eigenvalue weighted by atomic mass is 32.1. The van der Waals surface area contributed by atoms with Crippen molar-refractivity contribution in [1.29, 1.82) is 0 Å². The van der Waals surface area contributed by atoms with Crippen molar-refractivity contribution in [3.05, 3.63) is 57.4 Å². The van der Waals surface area contributed by atoms with E-state index in [4.69, 9.17) is 5.11 Å². The van der Waals surface area contributed by atoms with Crippen molar-refractivity contribution < 1.29 is 23.1 Å². The molecule has 0 saturated heterocycles. The van der Waals surface area contributed by atoms with E-state index in [2.05, 4.69) is 4.98 Å². The van der Waals surface area contributed by atoms with Crippen LogP contribution in [0, 0.1) is 0 Å². The van der Waals surface area contributed by atoms with Gasteiger partial charge in [0, 0.05) is 36.5 Å². The average Bonchev–Trinajstić information content (AvgIpc) is 3.21. The minimum absolute atomic E-state index is 0.0114. The zero-order valence-electron chi connectivity index (χ0n) is 14.1. The smallest absolute Gasteiger partial charge is 0.305 e. The van der Waals surface area contributed by atoms with Crippen molar-refractivity contribution in [3.63, 3.8) is 0 Å². The number of benzene rings is 1. The van der Waals surface area contributed by atoms with Crippen molar-refractivity contribution >= 4 is 34.0 Å². The average molecular weight is 392 g/mol. The topological polar surface area (TPSA) is 55.1 Å². The maximum atomic E-state index is 14.1.